The lowest BCUT2D eigenvalue weighted by Gasteiger charge is -2.11. The molecule has 2 aromatic rings. The third kappa shape index (κ3) is 7.32. The molecule has 2 rings (SSSR count). The number of ether oxygens (including phenoxy) is 2. The number of rotatable bonds is 9. The number of methoxy groups -OCH3 is 1. The van der Waals surface area contributed by atoms with Crippen LogP contribution in [-0.4, -0.2) is 42.9 Å². The molecule has 0 bridgehead atoms. The molecule has 0 unspecified atom stereocenters. The van der Waals surface area contributed by atoms with Gasteiger partial charge in [-0.3, -0.25) is 25.2 Å². The highest BCUT2D eigenvalue weighted by Gasteiger charge is 2.12. The number of thioether (sulfide) groups is 1. The summed E-state index contributed by atoms with van der Waals surface area (Å²) in [4.78, 5) is 36.0. The molecule has 3 N–H and O–H groups in total. The fraction of sp³-hybridized carbons (Fsp3) is 0.286. The first kappa shape index (κ1) is 23.1. The first-order chi connectivity index (χ1) is 14.4. The zero-order valence-corrected chi connectivity index (χ0v) is 17.9. The minimum Gasteiger partial charge on any atom is -0.493 e. The molecule has 0 fully saturated rings. The number of nitrogens with one attached hydrogen (secondary N) is 3. The van der Waals surface area contributed by atoms with Crippen LogP contribution in [0.3, 0.4) is 0 Å². The number of anilines is 1. The van der Waals surface area contributed by atoms with Crippen LogP contribution in [0.2, 0.25) is 0 Å². The average Bonchev–Trinajstić information content (AvgIpc) is 2.72. The van der Waals surface area contributed by atoms with Crippen molar-refractivity contribution in [3.63, 3.8) is 0 Å². The van der Waals surface area contributed by atoms with Gasteiger partial charge in [-0.25, -0.2) is 0 Å². The van der Waals surface area contributed by atoms with E-state index in [2.05, 4.69) is 16.2 Å². The number of carbonyl (C=O) groups excluding carboxylic acids is 3. The molecule has 0 radical (unpaired) electrons. The molecular weight excluding hydrogens is 406 g/mol. The predicted octanol–water partition coefficient (Wildman–Crippen LogP) is 2.54. The third-order valence-electron chi connectivity index (χ3n) is 3.81. The van der Waals surface area contributed by atoms with Gasteiger partial charge in [0.05, 0.1) is 25.2 Å². The Kier molecular flexibility index (Phi) is 9.02. The highest BCUT2D eigenvalue weighted by atomic mass is 32.2. The smallest absolute Gasteiger partial charge is 0.269 e. The number of aryl methyl sites for hydroxylation is 1. The lowest BCUT2D eigenvalue weighted by Crippen LogP contribution is -2.42. The van der Waals surface area contributed by atoms with E-state index in [0.29, 0.717) is 29.4 Å². The Morgan fingerprint density at radius 3 is 2.43 bits per heavy atom. The van der Waals surface area contributed by atoms with Gasteiger partial charge in [-0.05, 0) is 49.7 Å². The highest BCUT2D eigenvalue weighted by Crippen LogP contribution is 2.27. The summed E-state index contributed by atoms with van der Waals surface area (Å²) in [6.07, 6.45) is 0. The summed E-state index contributed by atoms with van der Waals surface area (Å²) in [5.74, 6) is -0.0307. The summed E-state index contributed by atoms with van der Waals surface area (Å²) in [5, 5.41) is 2.77. The topological polar surface area (TPSA) is 106 Å². The molecule has 2 aromatic carbocycles. The molecular formula is C21H25N3O5S. The summed E-state index contributed by atoms with van der Waals surface area (Å²) >= 11 is 1.14. The summed E-state index contributed by atoms with van der Waals surface area (Å²) in [5.41, 5.74) is 6.72. The van der Waals surface area contributed by atoms with Crippen LogP contribution < -0.4 is 25.6 Å². The van der Waals surface area contributed by atoms with Crippen LogP contribution in [0.4, 0.5) is 5.69 Å². The van der Waals surface area contributed by atoms with E-state index in [0.717, 1.165) is 17.3 Å². The van der Waals surface area contributed by atoms with E-state index in [1.807, 2.05) is 32.0 Å². The van der Waals surface area contributed by atoms with Crippen molar-refractivity contribution in [2.75, 3.05) is 30.5 Å². The van der Waals surface area contributed by atoms with Gasteiger partial charge in [-0.15, -0.1) is 11.8 Å². The van der Waals surface area contributed by atoms with Gasteiger partial charge in [0.15, 0.2) is 11.5 Å². The lowest BCUT2D eigenvalue weighted by atomic mass is 10.2. The fourth-order valence-corrected chi connectivity index (χ4v) is 3.09. The number of hydrogen-bond acceptors (Lipinski definition) is 6. The van der Waals surface area contributed by atoms with Crippen molar-refractivity contribution in [3.05, 3.63) is 53.6 Å². The Hall–Kier alpha value is -3.20. The maximum Gasteiger partial charge on any atom is 0.269 e. The summed E-state index contributed by atoms with van der Waals surface area (Å²) < 4.78 is 10.6. The van der Waals surface area contributed by atoms with E-state index in [9.17, 15) is 14.4 Å². The molecule has 0 aliphatic carbocycles. The van der Waals surface area contributed by atoms with E-state index in [1.165, 1.54) is 13.2 Å². The Labute approximate surface area is 179 Å². The first-order valence-electron chi connectivity index (χ1n) is 9.27. The monoisotopic (exact) mass is 431 g/mol. The molecule has 160 valence electrons. The second kappa shape index (κ2) is 11.7. The molecule has 0 spiro atoms. The Morgan fingerprint density at radius 2 is 1.73 bits per heavy atom. The van der Waals surface area contributed by atoms with Crippen molar-refractivity contribution >= 4 is 35.2 Å². The van der Waals surface area contributed by atoms with Crippen LogP contribution in [0.15, 0.2) is 42.5 Å². The van der Waals surface area contributed by atoms with E-state index >= 15 is 0 Å². The van der Waals surface area contributed by atoms with E-state index in [4.69, 9.17) is 9.47 Å². The standard InChI is InChI=1S/C21H25N3O5S/c1-4-29-17-9-8-15(11-18(17)28-3)21(27)24-23-20(26)13-30-12-19(25)22-16-7-5-6-14(2)10-16/h5-11H,4,12-13H2,1-3H3,(H,22,25)(H,23,26)(H,24,27). The van der Waals surface area contributed by atoms with Gasteiger partial charge < -0.3 is 14.8 Å². The second-order valence-electron chi connectivity index (χ2n) is 6.21. The van der Waals surface area contributed by atoms with Crippen molar-refractivity contribution in [2.45, 2.75) is 13.8 Å². The van der Waals surface area contributed by atoms with Gasteiger partial charge in [0, 0.05) is 11.3 Å². The minimum absolute atomic E-state index is 0.0219. The predicted molar refractivity (Wildman–Crippen MR) is 117 cm³/mol. The van der Waals surface area contributed by atoms with Crippen LogP contribution in [0.1, 0.15) is 22.8 Å². The summed E-state index contributed by atoms with van der Waals surface area (Å²) in [6.45, 7) is 4.25. The van der Waals surface area contributed by atoms with E-state index in [1.54, 1.807) is 18.2 Å². The Balaban J connectivity index is 1.73. The van der Waals surface area contributed by atoms with Crippen LogP contribution in [0.25, 0.3) is 0 Å². The molecule has 0 aliphatic rings. The number of benzene rings is 2. The lowest BCUT2D eigenvalue weighted by molar-refractivity contribution is -0.119. The quantitative estimate of drug-likeness (QED) is 0.527. The van der Waals surface area contributed by atoms with Gasteiger partial charge in [0.2, 0.25) is 11.8 Å². The number of carbonyl (C=O) groups is 3. The van der Waals surface area contributed by atoms with E-state index < -0.39 is 11.8 Å². The molecule has 0 aromatic heterocycles. The van der Waals surface area contributed by atoms with Gasteiger partial charge in [0.1, 0.15) is 0 Å². The second-order valence-corrected chi connectivity index (χ2v) is 7.20. The molecule has 0 atom stereocenters. The SMILES string of the molecule is CCOc1ccc(C(=O)NNC(=O)CSCC(=O)Nc2cccc(C)c2)cc1OC. The largest absolute Gasteiger partial charge is 0.493 e. The van der Waals surface area contributed by atoms with E-state index in [-0.39, 0.29) is 17.4 Å². The Morgan fingerprint density at radius 1 is 0.967 bits per heavy atom. The first-order valence-corrected chi connectivity index (χ1v) is 10.4. The zero-order valence-electron chi connectivity index (χ0n) is 17.1. The average molecular weight is 432 g/mol. The van der Waals surface area contributed by atoms with Crippen molar-refractivity contribution in [1.29, 1.82) is 0 Å². The van der Waals surface area contributed by atoms with Crippen molar-refractivity contribution in [2.24, 2.45) is 0 Å². The third-order valence-corrected chi connectivity index (χ3v) is 4.74. The van der Waals surface area contributed by atoms with Crippen molar-refractivity contribution in [3.8, 4) is 11.5 Å². The Bertz CT molecular complexity index is 904. The molecule has 30 heavy (non-hydrogen) atoms. The van der Waals surface area contributed by atoms with Gasteiger partial charge in [0.25, 0.3) is 5.91 Å². The highest BCUT2D eigenvalue weighted by molar-refractivity contribution is 8.00. The molecule has 0 saturated carbocycles. The van der Waals surface area contributed by atoms with Gasteiger partial charge in [-0.2, -0.15) is 0 Å². The maximum absolute atomic E-state index is 12.2. The maximum atomic E-state index is 12.2. The van der Waals surface area contributed by atoms with Gasteiger partial charge in [-0.1, -0.05) is 12.1 Å². The molecule has 3 amide bonds. The van der Waals surface area contributed by atoms with Crippen LogP contribution in [-0.2, 0) is 9.59 Å². The summed E-state index contributed by atoms with van der Waals surface area (Å²) in [7, 11) is 1.48. The van der Waals surface area contributed by atoms with Crippen LogP contribution in [0.5, 0.6) is 11.5 Å². The normalized spacial score (nSPS) is 10.1. The minimum atomic E-state index is -0.494. The molecule has 0 heterocycles. The van der Waals surface area contributed by atoms with Crippen molar-refractivity contribution in [1.82, 2.24) is 10.9 Å². The number of amides is 3. The summed E-state index contributed by atoms with van der Waals surface area (Å²) in [6, 6.07) is 12.2. The molecule has 8 nitrogen and oxygen atoms in total. The van der Waals surface area contributed by atoms with Crippen LogP contribution in [0, 0.1) is 6.92 Å². The number of hydrazine groups is 1. The van der Waals surface area contributed by atoms with Gasteiger partial charge >= 0.3 is 0 Å². The van der Waals surface area contributed by atoms with Crippen LogP contribution >= 0.6 is 11.8 Å². The van der Waals surface area contributed by atoms with Crippen molar-refractivity contribution < 1.29 is 23.9 Å². The number of hydrogen-bond donors (Lipinski definition) is 3. The molecule has 9 heteroatoms. The molecule has 0 aliphatic heterocycles. The zero-order chi connectivity index (χ0) is 21.9. The molecule has 0 saturated heterocycles. The fourth-order valence-electron chi connectivity index (χ4n) is 2.47.